The predicted molar refractivity (Wildman–Crippen MR) is 66.8 cm³/mol. The van der Waals surface area contributed by atoms with Gasteiger partial charge in [0.25, 0.3) is 5.91 Å². The lowest BCUT2D eigenvalue weighted by atomic mass is 10.2. The molecule has 1 aromatic rings. The average molecular weight is 301 g/mol. The lowest BCUT2D eigenvalue weighted by Gasteiger charge is -2.17. The third kappa shape index (κ3) is 3.45. The summed E-state index contributed by atoms with van der Waals surface area (Å²) in [4.78, 5) is 24.0. The molecule has 92 valence electrons. The number of carbonyl (C=O) groups excluding carboxylic acids is 2. The average Bonchev–Trinajstić information content (AvgIpc) is 2.27. The van der Waals surface area contributed by atoms with E-state index in [0.29, 0.717) is 11.3 Å². The molecule has 0 heterocycles. The summed E-state index contributed by atoms with van der Waals surface area (Å²) in [5, 5.41) is 0. The van der Waals surface area contributed by atoms with Crippen molar-refractivity contribution in [3.8, 4) is 5.75 Å². The molecule has 17 heavy (non-hydrogen) atoms. The van der Waals surface area contributed by atoms with E-state index in [0.717, 1.165) is 4.47 Å². The van der Waals surface area contributed by atoms with Crippen LogP contribution in [0.3, 0.4) is 0 Å². The molecule has 0 spiro atoms. The maximum absolute atomic E-state index is 12.0. The Labute approximate surface area is 108 Å². The number of likely N-dealkylation sites (N-methyl/N-ethyl adjacent to an activating group) is 1. The molecule has 0 unspecified atom stereocenters. The van der Waals surface area contributed by atoms with Crippen LogP contribution in [-0.2, 0) is 4.79 Å². The van der Waals surface area contributed by atoms with Crippen molar-refractivity contribution >= 4 is 27.7 Å². The summed E-state index contributed by atoms with van der Waals surface area (Å²) in [6.07, 6.45) is 0. The van der Waals surface area contributed by atoms with Gasteiger partial charge in [-0.05, 0) is 18.2 Å². The number of rotatable bonds is 4. The Morgan fingerprint density at radius 1 is 1.47 bits per heavy atom. The first-order valence-electron chi connectivity index (χ1n) is 4.83. The topological polar surface area (TPSA) is 72.6 Å². The highest BCUT2D eigenvalue weighted by Crippen LogP contribution is 2.24. The van der Waals surface area contributed by atoms with Crippen molar-refractivity contribution < 1.29 is 14.3 Å². The highest BCUT2D eigenvalue weighted by molar-refractivity contribution is 9.10. The van der Waals surface area contributed by atoms with E-state index in [1.165, 1.54) is 19.1 Å². The molecule has 2 N–H and O–H groups in total. The van der Waals surface area contributed by atoms with Crippen LogP contribution < -0.4 is 10.5 Å². The van der Waals surface area contributed by atoms with E-state index in [9.17, 15) is 9.59 Å². The number of ether oxygens (including phenoxy) is 1. The van der Waals surface area contributed by atoms with Gasteiger partial charge in [-0.2, -0.15) is 0 Å². The molecular formula is C11H13BrN2O3. The van der Waals surface area contributed by atoms with Gasteiger partial charge in [-0.15, -0.1) is 0 Å². The van der Waals surface area contributed by atoms with Crippen molar-refractivity contribution in [2.45, 2.75) is 0 Å². The van der Waals surface area contributed by atoms with Gasteiger partial charge in [-0.25, -0.2) is 0 Å². The molecule has 0 aliphatic rings. The Bertz CT molecular complexity index is 448. The summed E-state index contributed by atoms with van der Waals surface area (Å²) in [6, 6.07) is 5.04. The Balaban J connectivity index is 2.99. The van der Waals surface area contributed by atoms with E-state index in [1.807, 2.05) is 0 Å². The lowest BCUT2D eigenvalue weighted by Crippen LogP contribution is -2.35. The van der Waals surface area contributed by atoms with E-state index in [-0.39, 0.29) is 12.5 Å². The van der Waals surface area contributed by atoms with Crippen LogP contribution in [0, 0.1) is 0 Å². The number of nitrogens with zero attached hydrogens (tertiary/aromatic N) is 1. The quantitative estimate of drug-likeness (QED) is 0.902. The molecule has 5 nitrogen and oxygen atoms in total. The van der Waals surface area contributed by atoms with E-state index in [2.05, 4.69) is 15.9 Å². The van der Waals surface area contributed by atoms with Crippen LogP contribution in [0.4, 0.5) is 0 Å². The van der Waals surface area contributed by atoms with Crippen molar-refractivity contribution in [3.63, 3.8) is 0 Å². The summed E-state index contributed by atoms with van der Waals surface area (Å²) in [6.45, 7) is -0.127. The molecule has 0 saturated heterocycles. The third-order valence-electron chi connectivity index (χ3n) is 2.13. The number of primary amides is 1. The first-order valence-corrected chi connectivity index (χ1v) is 5.62. The molecule has 1 aromatic carbocycles. The number of benzene rings is 1. The number of amides is 2. The molecule has 0 saturated carbocycles. The second-order valence-corrected chi connectivity index (χ2v) is 4.39. The van der Waals surface area contributed by atoms with Gasteiger partial charge >= 0.3 is 0 Å². The van der Waals surface area contributed by atoms with Gasteiger partial charge in [0.2, 0.25) is 5.91 Å². The third-order valence-corrected chi connectivity index (χ3v) is 2.63. The smallest absolute Gasteiger partial charge is 0.257 e. The van der Waals surface area contributed by atoms with Crippen molar-refractivity contribution in [3.05, 3.63) is 28.2 Å². The molecule has 0 bridgehead atoms. The van der Waals surface area contributed by atoms with Crippen LogP contribution in [0.5, 0.6) is 5.75 Å². The molecule has 1 rings (SSSR count). The largest absolute Gasteiger partial charge is 0.496 e. The second kappa shape index (κ2) is 5.67. The van der Waals surface area contributed by atoms with E-state index in [1.54, 1.807) is 18.2 Å². The highest BCUT2D eigenvalue weighted by Gasteiger charge is 2.17. The first-order chi connectivity index (χ1) is 7.95. The zero-order chi connectivity index (χ0) is 13.0. The Morgan fingerprint density at radius 2 is 2.12 bits per heavy atom. The van der Waals surface area contributed by atoms with Crippen LogP contribution in [-0.4, -0.2) is 37.4 Å². The minimum atomic E-state index is -0.558. The van der Waals surface area contributed by atoms with Crippen molar-refractivity contribution in [2.75, 3.05) is 20.7 Å². The summed E-state index contributed by atoms with van der Waals surface area (Å²) in [5.41, 5.74) is 5.42. The predicted octanol–water partition coefficient (Wildman–Crippen LogP) is 1.01. The van der Waals surface area contributed by atoms with Crippen LogP contribution in [0.25, 0.3) is 0 Å². The molecule has 0 fully saturated rings. The molecular weight excluding hydrogens is 288 g/mol. The van der Waals surface area contributed by atoms with Crippen molar-refractivity contribution in [1.82, 2.24) is 4.90 Å². The normalized spacial score (nSPS) is 9.82. The van der Waals surface area contributed by atoms with Crippen LogP contribution >= 0.6 is 15.9 Å². The van der Waals surface area contributed by atoms with Crippen LogP contribution in [0.15, 0.2) is 22.7 Å². The van der Waals surface area contributed by atoms with E-state index < -0.39 is 5.91 Å². The fourth-order valence-corrected chi connectivity index (χ4v) is 1.69. The van der Waals surface area contributed by atoms with Gasteiger partial charge in [-0.1, -0.05) is 15.9 Å². The minimum absolute atomic E-state index is 0.127. The Kier molecular flexibility index (Phi) is 4.51. The Hall–Kier alpha value is -1.56. The zero-order valence-corrected chi connectivity index (χ0v) is 11.2. The summed E-state index contributed by atoms with van der Waals surface area (Å²) < 4.78 is 5.92. The maximum atomic E-state index is 12.0. The molecule has 0 aliphatic heterocycles. The summed E-state index contributed by atoms with van der Waals surface area (Å²) >= 11 is 3.28. The fourth-order valence-electron chi connectivity index (χ4n) is 1.35. The number of methoxy groups -OCH3 is 1. The molecule has 6 heteroatoms. The molecule has 0 aromatic heterocycles. The van der Waals surface area contributed by atoms with Crippen LogP contribution in [0.2, 0.25) is 0 Å². The lowest BCUT2D eigenvalue weighted by molar-refractivity contribution is -0.118. The standard InChI is InChI=1S/C11H13BrN2O3/c1-14(6-10(13)15)11(16)8-4-3-7(12)5-9(8)17-2/h3-5H,6H2,1-2H3,(H2,13,15). The highest BCUT2D eigenvalue weighted by atomic mass is 79.9. The van der Waals surface area contributed by atoms with Gasteiger partial charge in [-0.3, -0.25) is 9.59 Å². The van der Waals surface area contributed by atoms with Gasteiger partial charge in [0, 0.05) is 11.5 Å². The fraction of sp³-hybridized carbons (Fsp3) is 0.273. The molecule has 0 atom stereocenters. The first kappa shape index (κ1) is 13.5. The number of carbonyl (C=O) groups is 2. The minimum Gasteiger partial charge on any atom is -0.496 e. The number of hydrogen-bond acceptors (Lipinski definition) is 3. The number of halogens is 1. The zero-order valence-electron chi connectivity index (χ0n) is 9.57. The monoisotopic (exact) mass is 300 g/mol. The van der Waals surface area contributed by atoms with E-state index in [4.69, 9.17) is 10.5 Å². The summed E-state index contributed by atoms with van der Waals surface area (Å²) in [7, 11) is 2.99. The van der Waals surface area contributed by atoms with Gasteiger partial charge in [0.05, 0.1) is 19.2 Å². The van der Waals surface area contributed by atoms with Gasteiger partial charge in [0.15, 0.2) is 0 Å². The van der Waals surface area contributed by atoms with E-state index >= 15 is 0 Å². The SMILES string of the molecule is COc1cc(Br)ccc1C(=O)N(C)CC(N)=O. The molecule has 0 radical (unpaired) electrons. The van der Waals surface area contributed by atoms with Crippen molar-refractivity contribution in [1.29, 1.82) is 0 Å². The second-order valence-electron chi connectivity index (χ2n) is 3.47. The van der Waals surface area contributed by atoms with Crippen molar-refractivity contribution in [2.24, 2.45) is 5.73 Å². The molecule has 0 aliphatic carbocycles. The molecule has 2 amide bonds. The summed E-state index contributed by atoms with van der Waals surface area (Å²) in [5.74, 6) is -0.425. The van der Waals surface area contributed by atoms with Gasteiger partial charge in [0.1, 0.15) is 5.75 Å². The van der Waals surface area contributed by atoms with Crippen LogP contribution in [0.1, 0.15) is 10.4 Å². The van der Waals surface area contributed by atoms with Gasteiger partial charge < -0.3 is 15.4 Å². The Morgan fingerprint density at radius 3 is 2.65 bits per heavy atom. The maximum Gasteiger partial charge on any atom is 0.257 e. The number of hydrogen-bond donors (Lipinski definition) is 1. The number of nitrogens with two attached hydrogens (primary N) is 1.